The van der Waals surface area contributed by atoms with Crippen molar-refractivity contribution in [3.63, 3.8) is 0 Å². The highest BCUT2D eigenvalue weighted by Gasteiger charge is 2.24. The molecule has 0 radical (unpaired) electrons. The Kier molecular flexibility index (Phi) is 35.8. The van der Waals surface area contributed by atoms with E-state index in [1.54, 1.807) is 0 Å². The van der Waals surface area contributed by atoms with Gasteiger partial charge in [0, 0.05) is 6.42 Å². The molecule has 0 aliphatic heterocycles. The van der Waals surface area contributed by atoms with Gasteiger partial charge in [-0.1, -0.05) is 200 Å². The van der Waals surface area contributed by atoms with Crippen LogP contribution in [0.4, 0.5) is 0 Å². The van der Waals surface area contributed by atoms with Gasteiger partial charge in [-0.05, 0) is 12.8 Å². The molecule has 3 unspecified atom stereocenters. The second kappa shape index (κ2) is 36.2. The second-order valence-corrected chi connectivity index (χ2v) is 18.2. The van der Waals surface area contributed by atoms with Crippen molar-refractivity contribution in [1.82, 2.24) is 5.32 Å². The van der Waals surface area contributed by atoms with Crippen LogP contribution in [0.25, 0.3) is 0 Å². The first kappa shape index (κ1) is 51.5. The molecule has 0 saturated heterocycles. The predicted octanol–water partition coefficient (Wildman–Crippen LogP) is 11.6. The summed E-state index contributed by atoms with van der Waals surface area (Å²) >= 11 is 0. The number of phosphoric acid groups is 1. The Labute approximate surface area is 323 Å². The van der Waals surface area contributed by atoms with Gasteiger partial charge in [-0.25, -0.2) is 0 Å². The molecule has 1 amide bonds. The van der Waals surface area contributed by atoms with Gasteiger partial charge >= 0.3 is 0 Å². The van der Waals surface area contributed by atoms with E-state index < -0.39 is 20.0 Å². The van der Waals surface area contributed by atoms with Gasteiger partial charge in [-0.3, -0.25) is 9.36 Å². The number of carbonyl (C=O) groups is 1. The van der Waals surface area contributed by atoms with Crippen molar-refractivity contribution < 1.29 is 32.9 Å². The van der Waals surface area contributed by atoms with E-state index in [9.17, 15) is 19.4 Å². The molecule has 0 heterocycles. The molecule has 8 nitrogen and oxygen atoms in total. The Balaban J connectivity index is 4.31. The number of nitrogens with zero attached hydrogens (tertiary/aromatic N) is 1. The summed E-state index contributed by atoms with van der Waals surface area (Å²) in [5.41, 5.74) is 0. The monoisotopic (exact) mass is 761 g/mol. The van der Waals surface area contributed by atoms with Gasteiger partial charge in [0.15, 0.2) is 0 Å². The maximum atomic E-state index is 12.9. The van der Waals surface area contributed by atoms with Gasteiger partial charge in [0.2, 0.25) is 5.91 Å². The maximum Gasteiger partial charge on any atom is 0.268 e. The van der Waals surface area contributed by atoms with Crippen LogP contribution in [0.5, 0.6) is 0 Å². The summed E-state index contributed by atoms with van der Waals surface area (Å²) < 4.78 is 23.2. The first-order chi connectivity index (χ1) is 25.0. The summed E-state index contributed by atoms with van der Waals surface area (Å²) in [6, 6.07) is -0.792. The zero-order chi connectivity index (χ0) is 38.6. The Bertz CT molecular complexity index is 824. The lowest BCUT2D eigenvalue weighted by Crippen LogP contribution is -2.46. The van der Waals surface area contributed by atoms with Crippen molar-refractivity contribution in [2.24, 2.45) is 0 Å². The number of nitrogens with one attached hydrogen (secondary N) is 1. The van der Waals surface area contributed by atoms with E-state index in [0.29, 0.717) is 23.9 Å². The number of quaternary nitrogens is 1. The van der Waals surface area contributed by atoms with E-state index in [-0.39, 0.29) is 19.1 Å². The third-order valence-electron chi connectivity index (χ3n) is 10.3. The van der Waals surface area contributed by atoms with Crippen LogP contribution in [0.15, 0.2) is 0 Å². The zero-order valence-electron chi connectivity index (χ0n) is 35.3. The highest BCUT2D eigenvalue weighted by molar-refractivity contribution is 7.45. The normalized spacial score (nSPS) is 14.4. The Morgan fingerprint density at radius 3 is 1.31 bits per heavy atom. The van der Waals surface area contributed by atoms with Crippen molar-refractivity contribution in [3.05, 3.63) is 0 Å². The average molecular weight is 761 g/mol. The van der Waals surface area contributed by atoms with Crippen molar-refractivity contribution in [3.8, 4) is 0 Å². The molecule has 312 valence electrons. The summed E-state index contributed by atoms with van der Waals surface area (Å²) in [6.45, 7) is 4.73. The molecular formula is C43H89N2O6P. The van der Waals surface area contributed by atoms with Gasteiger partial charge in [-0.2, -0.15) is 0 Å². The summed E-state index contributed by atoms with van der Waals surface area (Å²) in [5.74, 6) is -0.161. The smallest absolute Gasteiger partial charge is 0.268 e. The van der Waals surface area contributed by atoms with Crippen molar-refractivity contribution in [2.45, 2.75) is 231 Å². The standard InChI is InChI=1S/C43H89N2O6P/c1-6-8-10-12-14-16-18-20-21-22-23-25-27-29-31-33-35-37-43(47)44-41(40-51-52(48,49)50-39-38-45(3,4)5)42(46)36-34-32-30-28-26-24-19-17-15-13-11-9-7-2/h41-42,46H,6-40H2,1-5H3,(H-,44,47,48,49). The van der Waals surface area contributed by atoms with Crippen LogP contribution >= 0.6 is 7.82 Å². The maximum absolute atomic E-state index is 12.9. The zero-order valence-corrected chi connectivity index (χ0v) is 36.2. The minimum Gasteiger partial charge on any atom is -0.756 e. The third kappa shape index (κ3) is 37.8. The number of phosphoric ester groups is 1. The van der Waals surface area contributed by atoms with Crippen molar-refractivity contribution in [1.29, 1.82) is 0 Å². The molecule has 3 atom stereocenters. The lowest BCUT2D eigenvalue weighted by atomic mass is 10.0. The van der Waals surface area contributed by atoms with E-state index >= 15 is 0 Å². The van der Waals surface area contributed by atoms with E-state index in [1.807, 2.05) is 21.1 Å². The van der Waals surface area contributed by atoms with Crippen molar-refractivity contribution >= 4 is 13.7 Å². The number of unbranched alkanes of at least 4 members (excludes halogenated alkanes) is 28. The Hall–Kier alpha value is -0.500. The Morgan fingerprint density at radius 1 is 0.596 bits per heavy atom. The van der Waals surface area contributed by atoms with Crippen molar-refractivity contribution in [2.75, 3.05) is 40.9 Å². The largest absolute Gasteiger partial charge is 0.756 e. The quantitative estimate of drug-likeness (QED) is 0.0365. The number of aliphatic hydroxyl groups excluding tert-OH is 1. The van der Waals surface area contributed by atoms with Gasteiger partial charge in [0.1, 0.15) is 13.2 Å². The molecule has 0 fully saturated rings. The molecule has 0 aliphatic carbocycles. The SMILES string of the molecule is CCCCCCCCCCCCCCCCCCCC(=O)NC(COP(=O)([O-])OCC[N+](C)(C)C)C(O)CCCCCCCCCCCCCCC. The third-order valence-corrected chi connectivity index (χ3v) is 11.3. The first-order valence-corrected chi connectivity index (χ1v) is 23.8. The molecule has 0 rings (SSSR count). The average Bonchev–Trinajstić information content (AvgIpc) is 3.09. The molecule has 0 saturated carbocycles. The Morgan fingerprint density at radius 2 is 0.942 bits per heavy atom. The molecule has 2 N–H and O–H groups in total. The number of aliphatic hydroxyl groups is 1. The predicted molar refractivity (Wildman–Crippen MR) is 219 cm³/mol. The van der Waals surface area contributed by atoms with Gasteiger partial charge in [0.25, 0.3) is 7.82 Å². The highest BCUT2D eigenvalue weighted by atomic mass is 31.2. The van der Waals surface area contributed by atoms with Gasteiger partial charge in [0.05, 0.1) is 39.9 Å². The fourth-order valence-electron chi connectivity index (χ4n) is 6.75. The van der Waals surface area contributed by atoms with Gasteiger partial charge in [-0.15, -0.1) is 0 Å². The van der Waals surface area contributed by atoms with Crippen LogP contribution in [-0.4, -0.2) is 68.5 Å². The number of hydrogen-bond acceptors (Lipinski definition) is 6. The number of rotatable bonds is 41. The highest BCUT2D eigenvalue weighted by Crippen LogP contribution is 2.38. The summed E-state index contributed by atoms with van der Waals surface area (Å²) in [6.07, 6.45) is 38.1. The molecule has 0 spiro atoms. The second-order valence-electron chi connectivity index (χ2n) is 16.8. The topological polar surface area (TPSA) is 108 Å². The molecule has 9 heteroatoms. The number of amides is 1. The van der Waals surface area contributed by atoms with E-state index in [1.165, 1.54) is 154 Å². The molecule has 52 heavy (non-hydrogen) atoms. The minimum absolute atomic E-state index is 0.0160. The van der Waals surface area contributed by atoms with E-state index in [4.69, 9.17) is 9.05 Å². The lowest BCUT2D eigenvalue weighted by molar-refractivity contribution is -0.870. The number of likely N-dealkylation sites (N-methyl/N-ethyl adjacent to an activating group) is 1. The fourth-order valence-corrected chi connectivity index (χ4v) is 7.47. The van der Waals surface area contributed by atoms with Gasteiger partial charge < -0.3 is 28.8 Å². The van der Waals surface area contributed by atoms with E-state index in [2.05, 4.69) is 19.2 Å². The fraction of sp³-hybridized carbons (Fsp3) is 0.977. The lowest BCUT2D eigenvalue weighted by Gasteiger charge is -2.30. The van der Waals surface area contributed by atoms with Crippen LogP contribution in [0.1, 0.15) is 219 Å². The number of carbonyl (C=O) groups excluding carboxylic acids is 1. The first-order valence-electron chi connectivity index (χ1n) is 22.4. The molecule has 0 aromatic carbocycles. The molecule has 0 aromatic rings. The number of hydrogen-bond donors (Lipinski definition) is 2. The van der Waals surface area contributed by atoms with E-state index in [0.717, 1.165) is 38.5 Å². The molecule has 0 bridgehead atoms. The van der Waals surface area contributed by atoms with Crippen LogP contribution in [-0.2, 0) is 18.4 Å². The molecule has 0 aliphatic rings. The summed E-state index contributed by atoms with van der Waals surface area (Å²) in [5, 5.41) is 13.9. The summed E-state index contributed by atoms with van der Waals surface area (Å²) in [7, 11) is 1.32. The van der Waals surface area contributed by atoms with Crippen LogP contribution < -0.4 is 10.2 Å². The minimum atomic E-state index is -4.55. The van der Waals surface area contributed by atoms with Crippen LogP contribution in [0.3, 0.4) is 0 Å². The van der Waals surface area contributed by atoms with Crippen LogP contribution in [0, 0.1) is 0 Å². The molecule has 0 aromatic heterocycles. The molecular weight excluding hydrogens is 671 g/mol. The van der Waals surface area contributed by atoms with Crippen LogP contribution in [0.2, 0.25) is 0 Å². The summed E-state index contributed by atoms with van der Waals surface area (Å²) in [4.78, 5) is 25.3.